The number of fused-ring (bicyclic) bond motifs is 1. The van der Waals surface area contributed by atoms with Crippen LogP contribution in [0.5, 0.6) is 0 Å². The van der Waals surface area contributed by atoms with Gasteiger partial charge in [-0.05, 0) is 49.2 Å². The maximum atomic E-state index is 13.7. The summed E-state index contributed by atoms with van der Waals surface area (Å²) in [5, 5.41) is 18.4. The molecule has 5 rings (SSSR count). The molecular weight excluding hydrogens is 425 g/mol. The Morgan fingerprint density at radius 2 is 1.91 bits per heavy atom. The van der Waals surface area contributed by atoms with Crippen molar-refractivity contribution < 1.29 is 14.0 Å². The van der Waals surface area contributed by atoms with E-state index in [0.717, 1.165) is 16.7 Å². The van der Waals surface area contributed by atoms with Crippen LogP contribution in [0.4, 0.5) is 4.39 Å². The van der Waals surface area contributed by atoms with Crippen LogP contribution in [0.15, 0.2) is 64.2 Å². The molecule has 0 amide bonds. The van der Waals surface area contributed by atoms with E-state index in [1.165, 1.54) is 21.2 Å². The third-order valence-electron chi connectivity index (χ3n) is 5.65. The number of nitrogens with zero attached hydrogens (tertiary/aromatic N) is 5. The average Bonchev–Trinajstić information content (AvgIpc) is 3.42. The minimum absolute atomic E-state index is 0.0784. The minimum Gasteiger partial charge on any atom is -0.392 e. The summed E-state index contributed by atoms with van der Waals surface area (Å²) < 4.78 is 21.9. The van der Waals surface area contributed by atoms with Crippen LogP contribution in [0.2, 0.25) is 0 Å². The van der Waals surface area contributed by atoms with Crippen LogP contribution in [0.25, 0.3) is 28.2 Å². The van der Waals surface area contributed by atoms with E-state index in [2.05, 4.69) is 15.2 Å². The maximum Gasteiger partial charge on any atom is 0.277 e. The molecule has 0 bridgehead atoms. The largest absolute Gasteiger partial charge is 0.392 e. The number of aromatic nitrogens is 5. The first-order valence-corrected chi connectivity index (χ1v) is 10.3. The van der Waals surface area contributed by atoms with Crippen molar-refractivity contribution in [1.82, 2.24) is 24.3 Å². The van der Waals surface area contributed by atoms with E-state index in [1.54, 1.807) is 24.5 Å². The maximum absolute atomic E-state index is 13.7. The van der Waals surface area contributed by atoms with Crippen molar-refractivity contribution in [3.05, 3.63) is 93.5 Å². The summed E-state index contributed by atoms with van der Waals surface area (Å²) in [6, 6.07) is 11.7. The van der Waals surface area contributed by atoms with E-state index in [0.29, 0.717) is 28.5 Å². The lowest BCUT2D eigenvalue weighted by molar-refractivity contribution is 0.283. The van der Waals surface area contributed by atoms with Gasteiger partial charge in [0.05, 0.1) is 18.8 Å². The van der Waals surface area contributed by atoms with Gasteiger partial charge in [-0.2, -0.15) is 10.1 Å². The van der Waals surface area contributed by atoms with E-state index in [9.17, 15) is 14.3 Å². The van der Waals surface area contributed by atoms with Gasteiger partial charge in [-0.1, -0.05) is 23.4 Å². The zero-order valence-electron chi connectivity index (χ0n) is 18.0. The van der Waals surface area contributed by atoms with Crippen LogP contribution in [-0.2, 0) is 13.2 Å². The van der Waals surface area contributed by atoms with Gasteiger partial charge in [0.25, 0.3) is 11.4 Å². The number of hydrogen-bond donors (Lipinski definition) is 1. The van der Waals surface area contributed by atoms with Crippen LogP contribution < -0.4 is 5.56 Å². The van der Waals surface area contributed by atoms with Crippen molar-refractivity contribution in [2.45, 2.75) is 27.0 Å². The summed E-state index contributed by atoms with van der Waals surface area (Å²) in [6.07, 6.45) is 3.16. The highest BCUT2D eigenvalue weighted by Gasteiger charge is 2.19. The van der Waals surface area contributed by atoms with Crippen LogP contribution in [-0.4, -0.2) is 29.4 Å². The molecular formula is C24H20FN5O3. The second kappa shape index (κ2) is 8.10. The molecule has 0 spiro atoms. The number of benzene rings is 2. The molecule has 0 saturated heterocycles. The van der Waals surface area contributed by atoms with Crippen molar-refractivity contribution in [3.63, 3.8) is 0 Å². The average molecular weight is 445 g/mol. The smallest absolute Gasteiger partial charge is 0.277 e. The second-order valence-corrected chi connectivity index (χ2v) is 7.83. The Bertz CT molecular complexity index is 1550. The van der Waals surface area contributed by atoms with Gasteiger partial charge < -0.3 is 14.2 Å². The van der Waals surface area contributed by atoms with Crippen molar-refractivity contribution in [3.8, 4) is 22.7 Å². The molecule has 0 aliphatic carbocycles. The quantitative estimate of drug-likeness (QED) is 0.445. The fraction of sp³-hybridized carbons (Fsp3) is 0.167. The highest BCUT2D eigenvalue weighted by molar-refractivity contribution is 5.72. The standard InChI is InChI=1S/C24H20FN5O3/c1-14-6-7-17(10-15(14)2)23-26-20(28-33-23)12-29-8-9-30-22(24(29)32)19(13-31)21(27-30)16-4-3-5-18(25)11-16/h3-11,31H,12-13H2,1-2H3. The summed E-state index contributed by atoms with van der Waals surface area (Å²) in [5.41, 5.74) is 4.05. The summed E-state index contributed by atoms with van der Waals surface area (Å²) >= 11 is 0. The molecule has 3 heterocycles. The first-order chi connectivity index (χ1) is 15.9. The fourth-order valence-electron chi connectivity index (χ4n) is 3.76. The van der Waals surface area contributed by atoms with Crippen LogP contribution >= 0.6 is 0 Å². The molecule has 2 aromatic carbocycles. The molecule has 0 radical (unpaired) electrons. The van der Waals surface area contributed by atoms with Gasteiger partial charge in [-0.15, -0.1) is 0 Å². The number of rotatable bonds is 5. The summed E-state index contributed by atoms with van der Waals surface area (Å²) in [6.45, 7) is 3.69. The van der Waals surface area contributed by atoms with E-state index >= 15 is 0 Å². The molecule has 166 valence electrons. The SMILES string of the molecule is Cc1ccc(-c2nc(Cn3ccn4nc(-c5cccc(F)c5)c(CO)c4c3=O)no2)cc1C. The topological polar surface area (TPSA) is 98.5 Å². The monoisotopic (exact) mass is 445 g/mol. The van der Waals surface area contributed by atoms with Gasteiger partial charge in [-0.25, -0.2) is 8.91 Å². The Morgan fingerprint density at radius 3 is 2.67 bits per heavy atom. The van der Waals surface area contributed by atoms with Gasteiger partial charge in [0.1, 0.15) is 11.3 Å². The van der Waals surface area contributed by atoms with Crippen LogP contribution in [0.3, 0.4) is 0 Å². The van der Waals surface area contributed by atoms with E-state index in [4.69, 9.17) is 4.52 Å². The third-order valence-corrected chi connectivity index (χ3v) is 5.65. The molecule has 9 heteroatoms. The van der Waals surface area contributed by atoms with E-state index in [-0.39, 0.29) is 17.6 Å². The Labute approximate surface area is 187 Å². The van der Waals surface area contributed by atoms with Gasteiger partial charge in [0, 0.05) is 29.1 Å². The Hall–Kier alpha value is -4.11. The molecule has 3 aromatic heterocycles. The molecule has 0 aliphatic rings. The lowest BCUT2D eigenvalue weighted by Gasteiger charge is -2.04. The van der Waals surface area contributed by atoms with Crippen molar-refractivity contribution in [2.75, 3.05) is 0 Å². The summed E-state index contributed by atoms with van der Waals surface area (Å²) in [7, 11) is 0. The number of hydrogen-bond acceptors (Lipinski definition) is 6. The first-order valence-electron chi connectivity index (χ1n) is 10.3. The fourth-order valence-corrected chi connectivity index (χ4v) is 3.76. The lowest BCUT2D eigenvalue weighted by Crippen LogP contribution is -2.23. The van der Waals surface area contributed by atoms with E-state index < -0.39 is 12.4 Å². The van der Waals surface area contributed by atoms with Gasteiger partial charge in [0.15, 0.2) is 5.82 Å². The van der Waals surface area contributed by atoms with Crippen LogP contribution in [0.1, 0.15) is 22.5 Å². The van der Waals surface area contributed by atoms with Gasteiger partial charge >= 0.3 is 0 Å². The van der Waals surface area contributed by atoms with Crippen molar-refractivity contribution >= 4 is 5.52 Å². The normalized spacial score (nSPS) is 11.4. The Kier molecular flexibility index (Phi) is 5.10. The summed E-state index contributed by atoms with van der Waals surface area (Å²) in [5.74, 6) is 0.281. The molecule has 0 unspecified atom stereocenters. The van der Waals surface area contributed by atoms with Gasteiger partial charge in [-0.3, -0.25) is 4.79 Å². The van der Waals surface area contributed by atoms with Gasteiger partial charge in [0.2, 0.25) is 0 Å². The predicted octanol–water partition coefficient (Wildman–Crippen LogP) is 3.51. The zero-order chi connectivity index (χ0) is 23.1. The van der Waals surface area contributed by atoms with Crippen molar-refractivity contribution in [2.24, 2.45) is 0 Å². The van der Waals surface area contributed by atoms with E-state index in [1.807, 2.05) is 32.0 Å². The summed E-state index contributed by atoms with van der Waals surface area (Å²) in [4.78, 5) is 17.6. The number of aryl methyl sites for hydroxylation is 2. The van der Waals surface area contributed by atoms with Crippen molar-refractivity contribution in [1.29, 1.82) is 0 Å². The highest BCUT2D eigenvalue weighted by atomic mass is 19.1. The zero-order valence-corrected chi connectivity index (χ0v) is 18.0. The Morgan fingerprint density at radius 1 is 1.06 bits per heavy atom. The highest BCUT2D eigenvalue weighted by Crippen LogP contribution is 2.25. The molecule has 0 fully saturated rings. The minimum atomic E-state index is -0.428. The number of aliphatic hydroxyl groups excluding tert-OH is 1. The molecule has 33 heavy (non-hydrogen) atoms. The second-order valence-electron chi connectivity index (χ2n) is 7.83. The first kappa shape index (κ1) is 20.8. The van der Waals surface area contributed by atoms with Crippen LogP contribution in [0, 0.1) is 19.7 Å². The molecule has 8 nitrogen and oxygen atoms in total. The molecule has 1 N–H and O–H groups in total. The molecule has 0 atom stereocenters. The number of aliphatic hydroxyl groups is 1. The predicted molar refractivity (Wildman–Crippen MR) is 119 cm³/mol. The molecule has 5 aromatic rings. The molecule has 0 aliphatic heterocycles. The third kappa shape index (κ3) is 3.72. The lowest BCUT2D eigenvalue weighted by atomic mass is 10.1. The molecule has 0 saturated carbocycles. The Balaban J connectivity index is 1.52. The number of halogens is 1.